The molecule has 1 aromatic heterocycles. The second kappa shape index (κ2) is 7.45. The van der Waals surface area contributed by atoms with E-state index < -0.39 is 0 Å². The molecule has 5 heteroatoms. The molecule has 2 heterocycles. The Balaban J connectivity index is 1.58. The lowest BCUT2D eigenvalue weighted by molar-refractivity contribution is 0.148. The summed E-state index contributed by atoms with van der Waals surface area (Å²) in [5.74, 6) is 2.35. The van der Waals surface area contributed by atoms with E-state index in [1.54, 1.807) is 0 Å². The van der Waals surface area contributed by atoms with Gasteiger partial charge in [0.15, 0.2) is 0 Å². The van der Waals surface area contributed by atoms with E-state index >= 15 is 0 Å². The Morgan fingerprint density at radius 3 is 2.75 bits per heavy atom. The molecule has 0 saturated heterocycles. The summed E-state index contributed by atoms with van der Waals surface area (Å²) in [6, 6.07) is 10.4. The van der Waals surface area contributed by atoms with Gasteiger partial charge in [-0.05, 0) is 25.5 Å². The van der Waals surface area contributed by atoms with Crippen molar-refractivity contribution in [1.82, 2.24) is 14.9 Å². The van der Waals surface area contributed by atoms with Gasteiger partial charge >= 0.3 is 0 Å². The Labute approximate surface area is 143 Å². The number of aryl methyl sites for hydroxylation is 1. The number of aromatic nitrogens is 2. The molecule has 24 heavy (non-hydrogen) atoms. The summed E-state index contributed by atoms with van der Waals surface area (Å²) in [5.41, 5.74) is 8.23. The standard InChI is InChI=1S/C19H24N4O/c1-14(18-12-21-15(2)22-19(18)20)23-10-8-17(9-11-23)24-13-16-6-4-3-5-7-16/h3-8,12,14H,9-11,13H2,1-2H3,(H2,20,21,22). The van der Waals surface area contributed by atoms with Gasteiger partial charge < -0.3 is 10.5 Å². The van der Waals surface area contributed by atoms with Crippen LogP contribution in [0, 0.1) is 6.92 Å². The zero-order chi connectivity index (χ0) is 16.9. The number of hydrogen-bond acceptors (Lipinski definition) is 5. The Morgan fingerprint density at radius 1 is 1.29 bits per heavy atom. The van der Waals surface area contributed by atoms with Gasteiger partial charge in [-0.2, -0.15) is 0 Å². The molecule has 5 nitrogen and oxygen atoms in total. The van der Waals surface area contributed by atoms with E-state index in [0.717, 1.165) is 30.8 Å². The van der Waals surface area contributed by atoms with Crippen molar-refractivity contribution in [3.8, 4) is 0 Å². The SMILES string of the molecule is Cc1ncc(C(C)N2CC=C(OCc3ccccc3)CC2)c(N)n1. The van der Waals surface area contributed by atoms with Crippen molar-refractivity contribution < 1.29 is 4.74 Å². The summed E-state index contributed by atoms with van der Waals surface area (Å²) < 4.78 is 5.93. The van der Waals surface area contributed by atoms with Crippen molar-refractivity contribution in [1.29, 1.82) is 0 Å². The van der Waals surface area contributed by atoms with Gasteiger partial charge in [0, 0.05) is 37.3 Å². The molecule has 1 unspecified atom stereocenters. The number of benzene rings is 1. The van der Waals surface area contributed by atoms with E-state index in [-0.39, 0.29) is 6.04 Å². The van der Waals surface area contributed by atoms with Crippen LogP contribution < -0.4 is 5.73 Å². The molecule has 0 bridgehead atoms. The number of rotatable bonds is 5. The van der Waals surface area contributed by atoms with E-state index in [4.69, 9.17) is 10.5 Å². The minimum atomic E-state index is 0.192. The van der Waals surface area contributed by atoms with Crippen LogP contribution in [0.25, 0.3) is 0 Å². The van der Waals surface area contributed by atoms with Crippen LogP contribution in [0.15, 0.2) is 48.4 Å². The highest BCUT2D eigenvalue weighted by Crippen LogP contribution is 2.27. The second-order valence-electron chi connectivity index (χ2n) is 6.12. The maximum Gasteiger partial charge on any atom is 0.131 e. The molecule has 0 spiro atoms. The van der Waals surface area contributed by atoms with Gasteiger partial charge in [-0.1, -0.05) is 30.3 Å². The Hall–Kier alpha value is -2.40. The lowest BCUT2D eigenvalue weighted by atomic mass is 10.1. The van der Waals surface area contributed by atoms with E-state index in [1.165, 1.54) is 5.56 Å². The molecular formula is C19H24N4O. The van der Waals surface area contributed by atoms with Gasteiger partial charge in [-0.15, -0.1) is 0 Å². The molecule has 1 aliphatic heterocycles. The first kappa shape index (κ1) is 16.5. The third-order valence-electron chi connectivity index (χ3n) is 4.43. The number of ether oxygens (including phenoxy) is 1. The zero-order valence-electron chi connectivity index (χ0n) is 14.3. The Kier molecular flexibility index (Phi) is 5.11. The molecule has 2 aromatic rings. The Morgan fingerprint density at radius 2 is 2.08 bits per heavy atom. The van der Waals surface area contributed by atoms with Crippen LogP contribution in [0.5, 0.6) is 0 Å². The third-order valence-corrected chi connectivity index (χ3v) is 4.43. The van der Waals surface area contributed by atoms with Crippen LogP contribution in [0.3, 0.4) is 0 Å². The number of nitrogens with zero attached hydrogens (tertiary/aromatic N) is 3. The molecule has 0 radical (unpaired) electrons. The number of hydrogen-bond donors (Lipinski definition) is 1. The lowest BCUT2D eigenvalue weighted by Crippen LogP contribution is -2.32. The van der Waals surface area contributed by atoms with Crippen molar-refractivity contribution >= 4 is 5.82 Å². The molecule has 1 atom stereocenters. The maximum atomic E-state index is 6.05. The van der Waals surface area contributed by atoms with Crippen molar-refractivity contribution in [3.63, 3.8) is 0 Å². The highest BCUT2D eigenvalue weighted by Gasteiger charge is 2.21. The van der Waals surface area contributed by atoms with Crippen LogP contribution in [-0.2, 0) is 11.3 Å². The largest absolute Gasteiger partial charge is 0.493 e. The van der Waals surface area contributed by atoms with Crippen LogP contribution in [0.1, 0.15) is 36.3 Å². The molecule has 126 valence electrons. The fourth-order valence-corrected chi connectivity index (χ4v) is 2.91. The number of nitrogens with two attached hydrogens (primary N) is 1. The van der Waals surface area contributed by atoms with E-state index in [9.17, 15) is 0 Å². The molecule has 0 saturated carbocycles. The van der Waals surface area contributed by atoms with Crippen molar-refractivity contribution in [3.05, 3.63) is 65.3 Å². The summed E-state index contributed by atoms with van der Waals surface area (Å²) in [6.07, 6.45) is 4.91. The molecule has 3 rings (SSSR count). The average molecular weight is 324 g/mol. The predicted octanol–water partition coefficient (Wildman–Crippen LogP) is 3.23. The fraction of sp³-hybridized carbons (Fsp3) is 0.368. The molecule has 0 fully saturated rings. The highest BCUT2D eigenvalue weighted by molar-refractivity contribution is 5.39. The van der Waals surface area contributed by atoms with Crippen molar-refractivity contribution in [2.75, 3.05) is 18.8 Å². The van der Waals surface area contributed by atoms with Gasteiger partial charge in [0.2, 0.25) is 0 Å². The van der Waals surface area contributed by atoms with E-state index in [0.29, 0.717) is 18.2 Å². The van der Waals surface area contributed by atoms with Crippen LogP contribution in [0.2, 0.25) is 0 Å². The van der Waals surface area contributed by atoms with Gasteiger partial charge in [-0.3, -0.25) is 4.90 Å². The smallest absolute Gasteiger partial charge is 0.131 e. The van der Waals surface area contributed by atoms with Crippen molar-refractivity contribution in [2.24, 2.45) is 0 Å². The van der Waals surface area contributed by atoms with Gasteiger partial charge in [0.25, 0.3) is 0 Å². The summed E-state index contributed by atoms with van der Waals surface area (Å²) >= 11 is 0. The molecule has 0 amide bonds. The van der Waals surface area contributed by atoms with E-state index in [1.807, 2.05) is 31.3 Å². The van der Waals surface area contributed by atoms with Gasteiger partial charge in [0.05, 0.1) is 5.76 Å². The molecular weight excluding hydrogens is 300 g/mol. The third kappa shape index (κ3) is 3.92. The minimum absolute atomic E-state index is 0.192. The van der Waals surface area contributed by atoms with Crippen LogP contribution >= 0.6 is 0 Å². The van der Waals surface area contributed by atoms with Gasteiger partial charge in [-0.25, -0.2) is 9.97 Å². The van der Waals surface area contributed by atoms with E-state index in [2.05, 4.69) is 40.0 Å². The molecule has 2 N–H and O–H groups in total. The molecule has 0 aliphatic carbocycles. The summed E-state index contributed by atoms with van der Waals surface area (Å²) in [6.45, 7) is 6.41. The van der Waals surface area contributed by atoms with Crippen LogP contribution in [0.4, 0.5) is 5.82 Å². The molecule has 1 aromatic carbocycles. The maximum absolute atomic E-state index is 6.05. The summed E-state index contributed by atoms with van der Waals surface area (Å²) in [5, 5.41) is 0. The first-order chi connectivity index (χ1) is 11.6. The molecule has 1 aliphatic rings. The lowest BCUT2D eigenvalue weighted by Gasteiger charge is -2.32. The first-order valence-corrected chi connectivity index (χ1v) is 8.32. The predicted molar refractivity (Wildman–Crippen MR) is 95.1 cm³/mol. The fourth-order valence-electron chi connectivity index (χ4n) is 2.91. The quantitative estimate of drug-likeness (QED) is 0.915. The van der Waals surface area contributed by atoms with Gasteiger partial charge in [0.1, 0.15) is 18.2 Å². The normalized spacial score (nSPS) is 16.5. The summed E-state index contributed by atoms with van der Waals surface area (Å²) in [4.78, 5) is 10.9. The minimum Gasteiger partial charge on any atom is -0.493 e. The number of anilines is 1. The highest BCUT2D eigenvalue weighted by atomic mass is 16.5. The first-order valence-electron chi connectivity index (χ1n) is 8.32. The second-order valence-corrected chi connectivity index (χ2v) is 6.12. The summed E-state index contributed by atoms with van der Waals surface area (Å²) in [7, 11) is 0. The monoisotopic (exact) mass is 324 g/mol. The zero-order valence-corrected chi connectivity index (χ0v) is 14.3. The average Bonchev–Trinajstić information content (AvgIpc) is 2.61. The van der Waals surface area contributed by atoms with Crippen LogP contribution in [-0.4, -0.2) is 28.0 Å². The number of nitrogen functional groups attached to an aromatic ring is 1. The van der Waals surface area contributed by atoms with Crippen molar-refractivity contribution in [2.45, 2.75) is 32.9 Å². The topological polar surface area (TPSA) is 64.3 Å². The Bertz CT molecular complexity index is 715.